The second kappa shape index (κ2) is 23.4. The van der Waals surface area contributed by atoms with E-state index in [2.05, 4.69) is 17.0 Å². The van der Waals surface area contributed by atoms with Crippen LogP contribution in [0.2, 0.25) is 0 Å². The number of nitrogens with zero attached hydrogens (tertiary/aromatic N) is 6. The SMILES string of the molecule is O=C(c1ccccc1)N1CCN(Cc2ccccc2)CCN(C(=O)c2ccccc2)CCN(C(=O)c2ccccc2)CCN(C(=O)c2ccccc2)CCN(C(=O)c2ccccc2)CC1. The van der Waals surface area contributed by atoms with Crippen molar-refractivity contribution in [3.63, 3.8) is 0 Å². The standard InChI is InChI=1S/C54H56N6O5/c61-50(45-21-9-2-10-22-45)56-33-31-55(43-44-19-7-1-8-20-44)32-34-57(51(62)46-23-11-3-12-24-46)36-38-59(53(64)48-27-15-5-16-28-48)40-42-60(54(65)49-29-17-6-18-30-49)41-39-58(37-35-56)52(63)47-25-13-4-14-26-47/h1-30H,31-43H2. The molecule has 0 spiro atoms. The molecule has 1 fully saturated rings. The van der Waals surface area contributed by atoms with Gasteiger partial charge in [-0.2, -0.15) is 0 Å². The molecule has 1 aliphatic heterocycles. The molecule has 11 nitrogen and oxygen atoms in total. The third-order valence-electron chi connectivity index (χ3n) is 11.7. The van der Waals surface area contributed by atoms with Crippen LogP contribution < -0.4 is 0 Å². The molecule has 0 saturated carbocycles. The molecule has 1 heterocycles. The van der Waals surface area contributed by atoms with E-state index in [-0.39, 0.29) is 81.9 Å². The maximum absolute atomic E-state index is 14.4. The van der Waals surface area contributed by atoms with Crippen molar-refractivity contribution in [2.24, 2.45) is 0 Å². The summed E-state index contributed by atoms with van der Waals surface area (Å²) >= 11 is 0. The fourth-order valence-electron chi connectivity index (χ4n) is 7.99. The van der Waals surface area contributed by atoms with Crippen LogP contribution in [0.25, 0.3) is 0 Å². The van der Waals surface area contributed by atoms with Gasteiger partial charge in [-0.1, -0.05) is 121 Å². The second-order valence-corrected chi connectivity index (χ2v) is 16.1. The Balaban J connectivity index is 1.27. The van der Waals surface area contributed by atoms with Crippen LogP contribution in [0.5, 0.6) is 0 Å². The monoisotopic (exact) mass is 868 g/mol. The largest absolute Gasteiger partial charge is 0.336 e. The van der Waals surface area contributed by atoms with Crippen molar-refractivity contribution < 1.29 is 24.0 Å². The normalized spacial score (nSPS) is 15.1. The van der Waals surface area contributed by atoms with Crippen LogP contribution >= 0.6 is 0 Å². The van der Waals surface area contributed by atoms with Gasteiger partial charge in [0.05, 0.1) is 0 Å². The van der Waals surface area contributed by atoms with Gasteiger partial charge in [0.15, 0.2) is 0 Å². The van der Waals surface area contributed by atoms with E-state index in [0.29, 0.717) is 60.5 Å². The van der Waals surface area contributed by atoms with Gasteiger partial charge in [0.25, 0.3) is 29.5 Å². The first-order chi connectivity index (χ1) is 31.8. The Kier molecular flexibility index (Phi) is 16.4. The summed E-state index contributed by atoms with van der Waals surface area (Å²) < 4.78 is 0. The summed E-state index contributed by atoms with van der Waals surface area (Å²) in [5, 5.41) is 0. The summed E-state index contributed by atoms with van der Waals surface area (Å²) in [4.78, 5) is 82.9. The minimum atomic E-state index is -0.237. The molecule has 5 amide bonds. The zero-order valence-corrected chi connectivity index (χ0v) is 36.7. The third-order valence-corrected chi connectivity index (χ3v) is 11.7. The van der Waals surface area contributed by atoms with Gasteiger partial charge in [-0.15, -0.1) is 0 Å². The van der Waals surface area contributed by atoms with Gasteiger partial charge in [0, 0.05) is 113 Å². The average Bonchev–Trinajstić information content (AvgIpc) is 3.37. The lowest BCUT2D eigenvalue weighted by molar-refractivity contribution is 0.0554. The highest BCUT2D eigenvalue weighted by atomic mass is 16.2. The predicted octanol–water partition coefficient (Wildman–Crippen LogP) is 7.21. The Morgan fingerprint density at radius 1 is 0.262 bits per heavy atom. The number of hydrogen-bond acceptors (Lipinski definition) is 6. The predicted molar refractivity (Wildman–Crippen MR) is 253 cm³/mol. The molecule has 0 radical (unpaired) electrons. The number of benzene rings is 6. The van der Waals surface area contributed by atoms with Gasteiger partial charge >= 0.3 is 0 Å². The van der Waals surface area contributed by atoms with Crippen LogP contribution in [-0.4, -0.2) is 137 Å². The maximum atomic E-state index is 14.4. The Labute approximate surface area is 382 Å². The molecule has 0 aliphatic carbocycles. The molecular formula is C54H56N6O5. The summed E-state index contributed by atoms with van der Waals surface area (Å²) in [5.41, 5.74) is 3.65. The lowest BCUT2D eigenvalue weighted by Gasteiger charge is -2.34. The third kappa shape index (κ3) is 12.9. The fourth-order valence-corrected chi connectivity index (χ4v) is 7.99. The zero-order chi connectivity index (χ0) is 45.2. The molecule has 0 bridgehead atoms. The lowest BCUT2D eigenvalue weighted by Crippen LogP contribution is -2.50. The van der Waals surface area contributed by atoms with Gasteiger partial charge in [0.2, 0.25) is 0 Å². The van der Waals surface area contributed by atoms with Crippen molar-refractivity contribution >= 4 is 29.5 Å². The molecule has 65 heavy (non-hydrogen) atoms. The van der Waals surface area contributed by atoms with Gasteiger partial charge in [-0.3, -0.25) is 28.9 Å². The molecule has 11 heteroatoms. The maximum Gasteiger partial charge on any atom is 0.253 e. The molecule has 7 rings (SSSR count). The van der Waals surface area contributed by atoms with Crippen LogP contribution in [-0.2, 0) is 6.54 Å². The Bertz CT molecular complexity index is 2320. The number of hydrogen-bond donors (Lipinski definition) is 0. The average molecular weight is 869 g/mol. The van der Waals surface area contributed by atoms with Gasteiger partial charge in [-0.05, 0) is 66.2 Å². The number of amides is 5. The summed E-state index contributed by atoms with van der Waals surface area (Å²) in [6, 6.07) is 55.5. The molecule has 1 aliphatic rings. The highest BCUT2D eigenvalue weighted by Gasteiger charge is 2.27. The van der Waals surface area contributed by atoms with Crippen molar-refractivity contribution in [3.8, 4) is 0 Å². The molecule has 6 aromatic carbocycles. The molecule has 332 valence electrons. The van der Waals surface area contributed by atoms with E-state index in [1.165, 1.54) is 0 Å². The van der Waals surface area contributed by atoms with Crippen LogP contribution in [0.1, 0.15) is 57.4 Å². The fraction of sp³-hybridized carbons (Fsp3) is 0.241. The Morgan fingerprint density at radius 2 is 0.446 bits per heavy atom. The highest BCUT2D eigenvalue weighted by Crippen LogP contribution is 2.15. The van der Waals surface area contributed by atoms with E-state index >= 15 is 0 Å². The van der Waals surface area contributed by atoms with E-state index < -0.39 is 0 Å². The van der Waals surface area contributed by atoms with E-state index in [0.717, 1.165) is 5.56 Å². The van der Waals surface area contributed by atoms with E-state index in [1.54, 1.807) is 85.2 Å². The molecular weight excluding hydrogens is 813 g/mol. The van der Waals surface area contributed by atoms with Crippen LogP contribution in [0.4, 0.5) is 0 Å². The first-order valence-electron chi connectivity index (χ1n) is 22.3. The highest BCUT2D eigenvalue weighted by molar-refractivity contribution is 5.97. The van der Waals surface area contributed by atoms with Crippen molar-refractivity contribution in [3.05, 3.63) is 215 Å². The first kappa shape index (κ1) is 45.6. The summed E-state index contributed by atoms with van der Waals surface area (Å²) in [6.07, 6.45) is 0. The van der Waals surface area contributed by atoms with Crippen LogP contribution in [0, 0.1) is 0 Å². The quantitative estimate of drug-likeness (QED) is 0.168. The summed E-state index contributed by atoms with van der Waals surface area (Å²) in [6.45, 7) is 3.76. The number of carbonyl (C=O) groups excluding carboxylic acids is 5. The zero-order valence-electron chi connectivity index (χ0n) is 36.7. The van der Waals surface area contributed by atoms with Crippen LogP contribution in [0.3, 0.4) is 0 Å². The van der Waals surface area contributed by atoms with Crippen molar-refractivity contribution in [1.29, 1.82) is 0 Å². The summed E-state index contributed by atoms with van der Waals surface area (Å²) in [7, 11) is 0. The first-order valence-corrected chi connectivity index (χ1v) is 22.3. The van der Waals surface area contributed by atoms with Crippen molar-refractivity contribution in [2.45, 2.75) is 6.54 Å². The Hall–Kier alpha value is -7.37. The van der Waals surface area contributed by atoms with Gasteiger partial charge in [0.1, 0.15) is 0 Å². The van der Waals surface area contributed by atoms with Crippen molar-refractivity contribution in [1.82, 2.24) is 29.4 Å². The molecule has 0 aromatic heterocycles. The van der Waals surface area contributed by atoms with Crippen molar-refractivity contribution in [2.75, 3.05) is 78.5 Å². The number of rotatable bonds is 7. The molecule has 0 N–H and O–H groups in total. The van der Waals surface area contributed by atoms with Gasteiger partial charge < -0.3 is 24.5 Å². The number of carbonyl (C=O) groups is 5. The van der Waals surface area contributed by atoms with Crippen LogP contribution in [0.15, 0.2) is 182 Å². The van der Waals surface area contributed by atoms with Gasteiger partial charge in [-0.25, -0.2) is 0 Å². The Morgan fingerprint density at radius 3 is 0.662 bits per heavy atom. The molecule has 6 aromatic rings. The smallest absolute Gasteiger partial charge is 0.253 e. The second-order valence-electron chi connectivity index (χ2n) is 16.1. The van der Waals surface area contributed by atoms with E-state index in [1.807, 2.05) is 109 Å². The van der Waals surface area contributed by atoms with E-state index in [4.69, 9.17) is 0 Å². The minimum absolute atomic E-state index is 0.156. The summed E-state index contributed by atoms with van der Waals surface area (Å²) in [5.74, 6) is -0.976. The molecule has 1 saturated heterocycles. The van der Waals surface area contributed by atoms with E-state index in [9.17, 15) is 24.0 Å². The molecule has 0 atom stereocenters. The minimum Gasteiger partial charge on any atom is -0.336 e. The molecule has 0 unspecified atom stereocenters. The lowest BCUT2D eigenvalue weighted by atomic mass is 10.1. The topological polar surface area (TPSA) is 105 Å².